The topological polar surface area (TPSA) is 98.5 Å². The monoisotopic (exact) mass is 292 g/mol. The molecule has 114 valence electrons. The van der Waals surface area contributed by atoms with Gasteiger partial charge in [-0.15, -0.1) is 0 Å². The van der Waals surface area contributed by atoms with Crippen LogP contribution in [0.15, 0.2) is 12.3 Å². The lowest BCUT2D eigenvalue weighted by atomic mass is 10.1. The van der Waals surface area contributed by atoms with E-state index in [0.717, 1.165) is 25.9 Å². The van der Waals surface area contributed by atoms with Crippen LogP contribution in [0.5, 0.6) is 11.6 Å². The van der Waals surface area contributed by atoms with Crippen molar-refractivity contribution in [2.75, 3.05) is 26.3 Å². The van der Waals surface area contributed by atoms with Crippen LogP contribution in [-0.4, -0.2) is 49.3 Å². The molecule has 0 bridgehead atoms. The fraction of sp³-hybridized carbons (Fsp3) is 0.571. The zero-order chi connectivity index (χ0) is 14.7. The summed E-state index contributed by atoms with van der Waals surface area (Å²) in [5.41, 5.74) is 5.60. The third-order valence-corrected chi connectivity index (χ3v) is 3.82. The van der Waals surface area contributed by atoms with E-state index in [1.807, 2.05) is 0 Å². The van der Waals surface area contributed by atoms with Gasteiger partial charge in [-0.25, -0.2) is 4.98 Å². The molecule has 1 amide bonds. The van der Waals surface area contributed by atoms with Crippen molar-refractivity contribution < 1.29 is 14.3 Å². The second-order valence-corrected chi connectivity index (χ2v) is 5.39. The quantitative estimate of drug-likeness (QED) is 0.636. The Morgan fingerprint density at radius 2 is 1.86 bits per heavy atom. The van der Waals surface area contributed by atoms with E-state index in [2.05, 4.69) is 15.6 Å². The number of aromatic nitrogens is 1. The third-order valence-electron chi connectivity index (χ3n) is 3.82. The molecule has 4 N–H and O–H groups in total. The van der Waals surface area contributed by atoms with E-state index in [-0.39, 0.29) is 0 Å². The van der Waals surface area contributed by atoms with Crippen LogP contribution >= 0.6 is 0 Å². The highest BCUT2D eigenvalue weighted by atomic mass is 16.5. The molecule has 7 nitrogen and oxygen atoms in total. The minimum Gasteiger partial charge on any atom is -0.486 e. The van der Waals surface area contributed by atoms with Crippen LogP contribution in [0.3, 0.4) is 0 Å². The van der Waals surface area contributed by atoms with Gasteiger partial charge in [0.25, 0.3) is 5.88 Å². The Morgan fingerprint density at radius 1 is 1.24 bits per heavy atom. The van der Waals surface area contributed by atoms with Crippen molar-refractivity contribution >= 4 is 5.91 Å². The molecule has 2 fully saturated rings. The van der Waals surface area contributed by atoms with Crippen LogP contribution in [-0.2, 0) is 0 Å². The fourth-order valence-electron chi connectivity index (χ4n) is 2.13. The molecule has 7 heteroatoms. The number of ether oxygens (including phenoxy) is 2. The van der Waals surface area contributed by atoms with Gasteiger partial charge < -0.3 is 25.8 Å². The molecule has 0 aliphatic carbocycles. The average molecular weight is 292 g/mol. The van der Waals surface area contributed by atoms with Crippen molar-refractivity contribution in [1.82, 2.24) is 15.6 Å². The Morgan fingerprint density at radius 3 is 2.38 bits per heavy atom. The Kier molecular flexibility index (Phi) is 4.21. The van der Waals surface area contributed by atoms with Gasteiger partial charge in [0, 0.05) is 24.3 Å². The van der Waals surface area contributed by atoms with Gasteiger partial charge in [-0.1, -0.05) is 0 Å². The van der Waals surface area contributed by atoms with E-state index < -0.39 is 5.91 Å². The van der Waals surface area contributed by atoms with Gasteiger partial charge in [0.15, 0.2) is 5.75 Å². The number of primary amides is 1. The van der Waals surface area contributed by atoms with Crippen LogP contribution < -0.4 is 25.8 Å². The number of carbonyl (C=O) groups is 1. The van der Waals surface area contributed by atoms with E-state index in [4.69, 9.17) is 15.2 Å². The maximum Gasteiger partial charge on any atom is 0.257 e. The second-order valence-electron chi connectivity index (χ2n) is 5.39. The smallest absolute Gasteiger partial charge is 0.257 e. The number of hydrogen-bond donors (Lipinski definition) is 3. The first-order chi connectivity index (χ1) is 10.2. The normalized spacial score (nSPS) is 23.8. The summed E-state index contributed by atoms with van der Waals surface area (Å²) < 4.78 is 11.4. The van der Waals surface area contributed by atoms with Crippen molar-refractivity contribution in [3.63, 3.8) is 0 Å². The zero-order valence-corrected chi connectivity index (χ0v) is 11.8. The molecule has 2 aliphatic rings. The van der Waals surface area contributed by atoms with Gasteiger partial charge in [0.2, 0.25) is 5.91 Å². The molecule has 1 aromatic rings. The number of nitrogens with zero attached hydrogens (tertiary/aromatic N) is 1. The summed E-state index contributed by atoms with van der Waals surface area (Å²) in [4.78, 5) is 15.4. The van der Waals surface area contributed by atoms with Crippen LogP contribution in [0.25, 0.3) is 0 Å². The number of nitrogens with two attached hydrogens (primary N) is 1. The molecule has 0 radical (unpaired) electrons. The molecule has 2 saturated heterocycles. The molecule has 3 heterocycles. The Labute approximate surface area is 123 Å². The third kappa shape index (κ3) is 3.43. The minimum atomic E-state index is -0.527. The number of nitrogens with one attached hydrogen (secondary N) is 2. The summed E-state index contributed by atoms with van der Waals surface area (Å²) in [6, 6.07) is 2.31. The Bertz CT molecular complexity index is 515. The SMILES string of the molecule is NC(=O)c1cnc(OC[C@H]2CCN2)c(OC[C@H]2CCN2)c1. The van der Waals surface area contributed by atoms with Gasteiger partial charge in [-0.2, -0.15) is 0 Å². The van der Waals surface area contributed by atoms with E-state index in [0.29, 0.717) is 42.5 Å². The maximum absolute atomic E-state index is 11.3. The van der Waals surface area contributed by atoms with Crippen molar-refractivity contribution in [3.05, 3.63) is 17.8 Å². The number of rotatable bonds is 7. The molecular weight excluding hydrogens is 272 g/mol. The lowest BCUT2D eigenvalue weighted by Crippen LogP contribution is -2.47. The van der Waals surface area contributed by atoms with Crippen molar-refractivity contribution in [1.29, 1.82) is 0 Å². The molecule has 0 unspecified atom stereocenters. The van der Waals surface area contributed by atoms with Gasteiger partial charge >= 0.3 is 0 Å². The second kappa shape index (κ2) is 6.28. The Balaban J connectivity index is 1.67. The summed E-state index contributed by atoms with van der Waals surface area (Å²) in [5.74, 6) is 0.355. The zero-order valence-electron chi connectivity index (χ0n) is 11.8. The average Bonchev–Trinajstić information content (AvgIpc) is 2.36. The molecule has 2 atom stereocenters. The van der Waals surface area contributed by atoms with E-state index >= 15 is 0 Å². The molecule has 0 spiro atoms. The number of amides is 1. The van der Waals surface area contributed by atoms with E-state index in [1.165, 1.54) is 6.20 Å². The Hall–Kier alpha value is -1.86. The molecule has 2 aliphatic heterocycles. The minimum absolute atomic E-state index is 0.320. The van der Waals surface area contributed by atoms with Gasteiger partial charge in [0.05, 0.1) is 5.56 Å². The lowest BCUT2D eigenvalue weighted by molar-refractivity contribution is 0.0999. The van der Waals surface area contributed by atoms with Crippen LogP contribution in [0.2, 0.25) is 0 Å². The first-order valence-electron chi connectivity index (χ1n) is 7.24. The highest BCUT2D eigenvalue weighted by molar-refractivity contribution is 5.93. The predicted molar refractivity (Wildman–Crippen MR) is 76.6 cm³/mol. The predicted octanol–water partition coefficient (Wildman–Crippen LogP) is -0.338. The maximum atomic E-state index is 11.3. The number of hydrogen-bond acceptors (Lipinski definition) is 6. The van der Waals surface area contributed by atoms with Gasteiger partial charge in [0.1, 0.15) is 13.2 Å². The van der Waals surface area contributed by atoms with E-state index in [9.17, 15) is 4.79 Å². The summed E-state index contributed by atoms with van der Waals surface area (Å²) in [5, 5.41) is 6.51. The van der Waals surface area contributed by atoms with Crippen molar-refractivity contribution in [2.45, 2.75) is 24.9 Å². The summed E-state index contributed by atoms with van der Waals surface area (Å²) >= 11 is 0. The summed E-state index contributed by atoms with van der Waals surface area (Å²) in [6.07, 6.45) is 3.60. The van der Waals surface area contributed by atoms with Crippen molar-refractivity contribution in [2.24, 2.45) is 5.73 Å². The van der Waals surface area contributed by atoms with Crippen LogP contribution in [0, 0.1) is 0 Å². The molecule has 0 aromatic carbocycles. The highest BCUT2D eigenvalue weighted by Crippen LogP contribution is 2.26. The lowest BCUT2D eigenvalue weighted by Gasteiger charge is -2.28. The summed E-state index contributed by atoms with van der Waals surface area (Å²) in [7, 11) is 0. The first kappa shape index (κ1) is 14.1. The van der Waals surface area contributed by atoms with Crippen LogP contribution in [0.1, 0.15) is 23.2 Å². The highest BCUT2D eigenvalue weighted by Gasteiger charge is 2.21. The van der Waals surface area contributed by atoms with Crippen molar-refractivity contribution in [3.8, 4) is 11.6 Å². The largest absolute Gasteiger partial charge is 0.486 e. The summed E-state index contributed by atoms with van der Waals surface area (Å²) in [6.45, 7) is 3.12. The van der Waals surface area contributed by atoms with Gasteiger partial charge in [-0.05, 0) is 25.9 Å². The number of carbonyl (C=O) groups excluding carboxylic acids is 1. The fourth-order valence-corrected chi connectivity index (χ4v) is 2.13. The number of pyridine rings is 1. The van der Waals surface area contributed by atoms with Gasteiger partial charge in [-0.3, -0.25) is 4.79 Å². The molecule has 0 saturated carbocycles. The molecule has 3 rings (SSSR count). The standard InChI is InChI=1S/C14H20N4O3/c15-13(19)9-5-12(20-7-10-1-3-16-10)14(18-6-9)21-8-11-2-4-17-11/h5-6,10-11,16-17H,1-4,7-8H2,(H2,15,19)/t10-,11-/m1/s1. The van der Waals surface area contributed by atoms with Crippen LogP contribution in [0.4, 0.5) is 0 Å². The molecule has 1 aromatic heterocycles. The molecular formula is C14H20N4O3. The molecule has 21 heavy (non-hydrogen) atoms. The first-order valence-corrected chi connectivity index (χ1v) is 7.24. The van der Waals surface area contributed by atoms with E-state index in [1.54, 1.807) is 6.07 Å².